The zero-order valence-electron chi connectivity index (χ0n) is 18.3. The molecule has 3 aromatic rings. The molecule has 0 saturated carbocycles. The number of hydrogen-bond acceptors (Lipinski definition) is 6. The van der Waals surface area contributed by atoms with Crippen molar-refractivity contribution in [3.63, 3.8) is 0 Å². The Morgan fingerprint density at radius 3 is 2.49 bits per heavy atom. The van der Waals surface area contributed by atoms with E-state index in [0.29, 0.717) is 10.8 Å². The summed E-state index contributed by atoms with van der Waals surface area (Å²) in [4.78, 5) is 27.8. The highest BCUT2D eigenvalue weighted by Gasteiger charge is 2.44. The van der Waals surface area contributed by atoms with E-state index < -0.39 is 12.1 Å². The zero-order chi connectivity index (χ0) is 25.4. The molecule has 0 radical (unpaired) electrons. The number of rotatable bonds is 2. The van der Waals surface area contributed by atoms with E-state index >= 15 is 0 Å². The number of carboxylic acid groups (broad SMARTS) is 1. The minimum Gasteiger partial charge on any atom is -0.475 e. The molecule has 35 heavy (non-hydrogen) atoms. The maximum atomic E-state index is 12.3. The molecule has 5 rings (SSSR count). The first kappa shape index (κ1) is 24.6. The lowest BCUT2D eigenvalue weighted by atomic mass is 9.77. The summed E-state index contributed by atoms with van der Waals surface area (Å²) in [5.74, 6) is -2.06. The van der Waals surface area contributed by atoms with Gasteiger partial charge in [-0.2, -0.15) is 18.3 Å². The molecule has 1 spiro atoms. The Kier molecular flexibility index (Phi) is 6.50. The second kappa shape index (κ2) is 9.25. The number of nitrogens with two attached hydrogens (primary N) is 1. The van der Waals surface area contributed by atoms with Gasteiger partial charge in [-0.1, -0.05) is 17.7 Å². The maximum absolute atomic E-state index is 12.3. The van der Waals surface area contributed by atoms with Crippen LogP contribution in [0.15, 0.2) is 30.6 Å². The molecule has 1 aromatic carbocycles. The first-order chi connectivity index (χ1) is 16.5. The number of benzene rings is 1. The molecule has 5 N–H and O–H groups in total. The monoisotopic (exact) mass is 510 g/mol. The smallest absolute Gasteiger partial charge is 0.475 e. The number of alkyl halides is 3. The Morgan fingerprint density at radius 2 is 1.89 bits per heavy atom. The van der Waals surface area contributed by atoms with E-state index in [9.17, 15) is 18.0 Å². The molecule has 2 fully saturated rings. The fraction of sp³-hybridized carbons (Fsp3) is 0.364. The van der Waals surface area contributed by atoms with E-state index in [2.05, 4.69) is 25.4 Å². The highest BCUT2D eigenvalue weighted by Crippen LogP contribution is 2.43. The van der Waals surface area contributed by atoms with Gasteiger partial charge in [0.25, 0.3) is 0 Å². The fourth-order valence-electron chi connectivity index (χ4n) is 4.52. The Hall–Kier alpha value is -3.54. The number of piperidine rings is 1. The Bertz CT molecular complexity index is 1270. The summed E-state index contributed by atoms with van der Waals surface area (Å²) in [6.07, 6.45) is 1.04. The number of carboxylic acids is 1. The normalized spacial score (nSPS) is 17.3. The predicted octanol–water partition coefficient (Wildman–Crippen LogP) is 3.60. The first-order valence-electron chi connectivity index (χ1n) is 10.7. The van der Waals surface area contributed by atoms with Crippen LogP contribution in [0.1, 0.15) is 19.3 Å². The molecular weight excluding hydrogens is 489 g/mol. The summed E-state index contributed by atoms with van der Waals surface area (Å²) >= 11 is 6.59. The van der Waals surface area contributed by atoms with Gasteiger partial charge < -0.3 is 21.1 Å². The van der Waals surface area contributed by atoms with E-state index in [1.54, 1.807) is 6.20 Å². The molecule has 0 unspecified atom stereocenters. The molecule has 0 bridgehead atoms. The highest BCUT2D eigenvalue weighted by molar-refractivity contribution is 6.33. The van der Waals surface area contributed by atoms with Gasteiger partial charge in [-0.15, -0.1) is 0 Å². The van der Waals surface area contributed by atoms with Crippen molar-refractivity contribution in [3.8, 4) is 11.1 Å². The van der Waals surface area contributed by atoms with Crippen LogP contribution < -0.4 is 16.0 Å². The van der Waals surface area contributed by atoms with Crippen molar-refractivity contribution in [1.29, 1.82) is 0 Å². The number of aromatic nitrogens is 3. The van der Waals surface area contributed by atoms with Gasteiger partial charge in [-0.25, -0.2) is 4.79 Å². The SMILES string of the molecule is Nc1n[nH]c2cc(-c3cncc(Cl)c3N3CCC4(CCNC4=O)CC3)ccc12.O=C(O)C(F)(F)F. The molecule has 2 aliphatic heterocycles. The lowest BCUT2D eigenvalue weighted by Gasteiger charge is -2.39. The predicted molar refractivity (Wildman–Crippen MR) is 124 cm³/mol. The van der Waals surface area contributed by atoms with E-state index in [1.807, 2.05) is 24.4 Å². The van der Waals surface area contributed by atoms with Gasteiger partial charge in [0, 0.05) is 43.0 Å². The maximum Gasteiger partial charge on any atom is 0.490 e. The van der Waals surface area contributed by atoms with Gasteiger partial charge in [0.05, 0.1) is 21.6 Å². The van der Waals surface area contributed by atoms with Crippen molar-refractivity contribution in [2.24, 2.45) is 5.41 Å². The van der Waals surface area contributed by atoms with E-state index in [1.165, 1.54) is 0 Å². The fourth-order valence-corrected chi connectivity index (χ4v) is 4.80. The standard InChI is InChI=1S/C20H21ClN6O.C2HF3O2/c21-15-11-23-10-14(12-1-2-13-16(9-12)25-26-18(13)22)17(15)27-7-4-20(5-8-27)3-6-24-19(20)28;3-2(4,5)1(6)7/h1-2,9-11H,3-8H2,(H,24,28)(H3,22,25,26);(H,6,7). The third kappa shape index (κ3) is 4.83. The summed E-state index contributed by atoms with van der Waals surface area (Å²) in [5.41, 5.74) is 9.49. The van der Waals surface area contributed by atoms with E-state index in [0.717, 1.165) is 66.6 Å². The van der Waals surface area contributed by atoms with E-state index in [4.69, 9.17) is 27.2 Å². The molecule has 0 atom stereocenters. The van der Waals surface area contributed by atoms with Gasteiger partial charge in [-0.3, -0.25) is 14.9 Å². The number of anilines is 2. The summed E-state index contributed by atoms with van der Waals surface area (Å²) in [6, 6.07) is 5.99. The molecule has 2 aliphatic rings. The second-order valence-corrected chi connectivity index (χ2v) is 8.87. The van der Waals surface area contributed by atoms with Gasteiger partial charge in [0.15, 0.2) is 5.82 Å². The number of nitrogens with zero attached hydrogens (tertiary/aromatic N) is 3. The van der Waals surface area contributed by atoms with Crippen LogP contribution in [-0.2, 0) is 9.59 Å². The number of fused-ring (bicyclic) bond motifs is 1. The van der Waals surface area contributed by atoms with Crippen LogP contribution in [0.4, 0.5) is 24.7 Å². The number of aliphatic carboxylic acids is 1. The van der Waals surface area contributed by atoms with Crippen LogP contribution in [0, 0.1) is 5.41 Å². The molecule has 0 aliphatic carbocycles. The number of nitrogen functional groups attached to an aromatic ring is 1. The minimum atomic E-state index is -5.08. The number of amides is 1. The number of aromatic amines is 1. The lowest BCUT2D eigenvalue weighted by molar-refractivity contribution is -0.192. The lowest BCUT2D eigenvalue weighted by Crippen LogP contribution is -2.44. The van der Waals surface area contributed by atoms with Crippen LogP contribution in [-0.4, -0.2) is 58.0 Å². The largest absolute Gasteiger partial charge is 0.490 e. The summed E-state index contributed by atoms with van der Waals surface area (Å²) in [7, 11) is 0. The topological polar surface area (TPSA) is 137 Å². The van der Waals surface area contributed by atoms with E-state index in [-0.39, 0.29) is 11.3 Å². The van der Waals surface area contributed by atoms with Crippen LogP contribution in [0.3, 0.4) is 0 Å². The molecule has 1 amide bonds. The average Bonchev–Trinajstić information content (AvgIpc) is 3.36. The van der Waals surface area contributed by atoms with Gasteiger partial charge in [0.1, 0.15) is 0 Å². The number of carbonyl (C=O) groups is 2. The molecule has 2 aromatic heterocycles. The Labute approximate surface area is 202 Å². The summed E-state index contributed by atoms with van der Waals surface area (Å²) < 4.78 is 31.7. The van der Waals surface area contributed by atoms with Gasteiger partial charge >= 0.3 is 12.1 Å². The van der Waals surface area contributed by atoms with Crippen molar-refractivity contribution in [2.75, 3.05) is 30.3 Å². The van der Waals surface area contributed by atoms with Crippen molar-refractivity contribution in [1.82, 2.24) is 20.5 Å². The van der Waals surface area contributed by atoms with Gasteiger partial charge in [-0.05, 0) is 37.0 Å². The van der Waals surface area contributed by atoms with Crippen molar-refractivity contribution in [3.05, 3.63) is 35.6 Å². The van der Waals surface area contributed by atoms with Crippen molar-refractivity contribution < 1.29 is 27.9 Å². The summed E-state index contributed by atoms with van der Waals surface area (Å²) in [6.45, 7) is 2.38. The number of hydrogen-bond donors (Lipinski definition) is 4. The quantitative estimate of drug-likeness (QED) is 0.413. The first-order valence-corrected chi connectivity index (χ1v) is 11.1. The van der Waals surface area contributed by atoms with Crippen molar-refractivity contribution in [2.45, 2.75) is 25.4 Å². The third-order valence-electron chi connectivity index (χ3n) is 6.43. The molecule has 13 heteroatoms. The molecule has 9 nitrogen and oxygen atoms in total. The molecular formula is C22H22ClF3N6O3. The van der Waals surface area contributed by atoms with Gasteiger partial charge in [0.2, 0.25) is 5.91 Å². The number of pyridine rings is 1. The number of halogens is 4. The third-order valence-corrected chi connectivity index (χ3v) is 6.70. The molecule has 2 saturated heterocycles. The van der Waals surface area contributed by atoms with Crippen LogP contribution >= 0.6 is 11.6 Å². The average molecular weight is 511 g/mol. The van der Waals surface area contributed by atoms with Crippen molar-refractivity contribution >= 4 is 45.9 Å². The second-order valence-electron chi connectivity index (χ2n) is 8.46. The Balaban J connectivity index is 0.000000364. The minimum absolute atomic E-state index is 0.204. The number of nitrogens with one attached hydrogen (secondary N) is 2. The van der Waals surface area contributed by atoms with Crippen LogP contribution in [0.25, 0.3) is 22.0 Å². The zero-order valence-corrected chi connectivity index (χ0v) is 19.1. The number of H-pyrrole nitrogens is 1. The number of carbonyl (C=O) groups excluding carboxylic acids is 1. The highest BCUT2D eigenvalue weighted by atomic mass is 35.5. The van der Waals surface area contributed by atoms with Crippen LogP contribution in [0.5, 0.6) is 0 Å². The molecule has 4 heterocycles. The Morgan fingerprint density at radius 1 is 1.20 bits per heavy atom. The van der Waals surface area contributed by atoms with Crippen LogP contribution in [0.2, 0.25) is 5.02 Å². The molecule has 186 valence electrons. The summed E-state index contributed by atoms with van der Waals surface area (Å²) in [5, 5.41) is 18.7.